The maximum atomic E-state index is 10.2. The van der Waals surface area contributed by atoms with Gasteiger partial charge in [-0.1, -0.05) is 51.8 Å². The van der Waals surface area contributed by atoms with Crippen LogP contribution in [0, 0.1) is 0 Å². The molecule has 1 atom stereocenters. The molecule has 1 nitrogen and oxygen atoms in total. The van der Waals surface area contributed by atoms with Gasteiger partial charge in [-0.25, -0.2) is 0 Å². The summed E-state index contributed by atoms with van der Waals surface area (Å²) < 4.78 is 0.950. The van der Waals surface area contributed by atoms with Gasteiger partial charge in [0.1, 0.15) is 6.10 Å². The molecular weight excluding hydrogens is 287 g/mol. The van der Waals surface area contributed by atoms with Gasteiger partial charge in [0.25, 0.3) is 0 Å². The molecule has 3 heteroatoms. The van der Waals surface area contributed by atoms with Crippen molar-refractivity contribution >= 4 is 27.5 Å². The SMILES string of the molecule is O[C@H](c1cccc(Cl)c1)c1cccc(Br)c1. The maximum absolute atomic E-state index is 10.2. The topological polar surface area (TPSA) is 20.2 Å². The van der Waals surface area contributed by atoms with Crippen LogP contribution in [-0.4, -0.2) is 5.11 Å². The van der Waals surface area contributed by atoms with Gasteiger partial charge in [0.05, 0.1) is 0 Å². The van der Waals surface area contributed by atoms with Crippen molar-refractivity contribution in [2.24, 2.45) is 0 Å². The van der Waals surface area contributed by atoms with Gasteiger partial charge in [0.2, 0.25) is 0 Å². The largest absolute Gasteiger partial charge is 0.384 e. The molecule has 0 amide bonds. The summed E-state index contributed by atoms with van der Waals surface area (Å²) in [7, 11) is 0. The number of hydrogen-bond donors (Lipinski definition) is 1. The summed E-state index contributed by atoms with van der Waals surface area (Å²) in [5, 5.41) is 10.8. The molecular formula is C13H10BrClO. The number of rotatable bonds is 2. The molecule has 16 heavy (non-hydrogen) atoms. The molecule has 0 spiro atoms. The van der Waals surface area contributed by atoms with Gasteiger partial charge < -0.3 is 5.11 Å². The van der Waals surface area contributed by atoms with Crippen LogP contribution >= 0.6 is 27.5 Å². The number of aliphatic hydroxyl groups excluding tert-OH is 1. The molecule has 0 aliphatic heterocycles. The van der Waals surface area contributed by atoms with Gasteiger partial charge in [-0.05, 0) is 35.4 Å². The monoisotopic (exact) mass is 296 g/mol. The Morgan fingerprint density at radius 1 is 1.00 bits per heavy atom. The third kappa shape index (κ3) is 2.64. The van der Waals surface area contributed by atoms with Gasteiger partial charge in [0.15, 0.2) is 0 Å². The van der Waals surface area contributed by atoms with E-state index in [4.69, 9.17) is 11.6 Å². The van der Waals surface area contributed by atoms with Crippen molar-refractivity contribution in [3.05, 3.63) is 69.2 Å². The van der Waals surface area contributed by atoms with Crippen molar-refractivity contribution < 1.29 is 5.11 Å². The van der Waals surface area contributed by atoms with Crippen LogP contribution in [0.25, 0.3) is 0 Å². The van der Waals surface area contributed by atoms with Crippen LogP contribution < -0.4 is 0 Å². The summed E-state index contributed by atoms with van der Waals surface area (Å²) >= 11 is 9.27. The first-order valence-corrected chi connectivity index (χ1v) is 6.03. The number of hydrogen-bond acceptors (Lipinski definition) is 1. The fraction of sp³-hybridized carbons (Fsp3) is 0.0769. The van der Waals surface area contributed by atoms with E-state index in [1.54, 1.807) is 12.1 Å². The van der Waals surface area contributed by atoms with Gasteiger partial charge in [-0.2, -0.15) is 0 Å². The lowest BCUT2D eigenvalue weighted by Crippen LogP contribution is -1.99. The van der Waals surface area contributed by atoms with Crippen LogP contribution in [-0.2, 0) is 0 Å². The lowest BCUT2D eigenvalue weighted by molar-refractivity contribution is 0.220. The zero-order valence-electron chi connectivity index (χ0n) is 8.40. The predicted molar refractivity (Wildman–Crippen MR) is 69.7 cm³/mol. The fourth-order valence-electron chi connectivity index (χ4n) is 1.55. The highest BCUT2D eigenvalue weighted by atomic mass is 79.9. The Kier molecular flexibility index (Phi) is 3.64. The summed E-state index contributed by atoms with van der Waals surface area (Å²) in [4.78, 5) is 0. The van der Waals surface area contributed by atoms with E-state index in [-0.39, 0.29) is 0 Å². The van der Waals surface area contributed by atoms with Crippen LogP contribution in [0.15, 0.2) is 53.0 Å². The normalized spacial score (nSPS) is 12.4. The molecule has 0 aliphatic rings. The second-order valence-corrected chi connectivity index (χ2v) is 4.86. The summed E-state index contributed by atoms with van der Waals surface area (Å²) in [5.74, 6) is 0. The lowest BCUT2D eigenvalue weighted by atomic mass is 10.0. The van der Waals surface area contributed by atoms with Crippen LogP contribution in [0.1, 0.15) is 17.2 Å². The zero-order valence-corrected chi connectivity index (χ0v) is 10.7. The molecule has 0 heterocycles. The molecule has 0 aliphatic carbocycles. The first-order chi connectivity index (χ1) is 7.66. The molecule has 2 aromatic carbocycles. The minimum absolute atomic E-state index is 0.631. The highest BCUT2D eigenvalue weighted by molar-refractivity contribution is 9.10. The van der Waals surface area contributed by atoms with E-state index in [9.17, 15) is 5.11 Å². The van der Waals surface area contributed by atoms with E-state index in [1.807, 2.05) is 36.4 Å². The molecule has 0 fully saturated rings. The molecule has 0 radical (unpaired) electrons. The third-order valence-corrected chi connectivity index (χ3v) is 3.06. The molecule has 0 bridgehead atoms. The van der Waals surface area contributed by atoms with Crippen LogP contribution in [0.5, 0.6) is 0 Å². The van der Waals surface area contributed by atoms with Gasteiger partial charge in [-0.3, -0.25) is 0 Å². The summed E-state index contributed by atoms with van der Waals surface area (Å²) in [6.07, 6.45) is -0.642. The van der Waals surface area contributed by atoms with Crippen molar-refractivity contribution in [1.82, 2.24) is 0 Å². The van der Waals surface area contributed by atoms with Crippen LogP contribution in [0.4, 0.5) is 0 Å². The van der Waals surface area contributed by atoms with E-state index in [1.165, 1.54) is 0 Å². The molecule has 0 saturated carbocycles. The highest BCUT2D eigenvalue weighted by Crippen LogP contribution is 2.25. The smallest absolute Gasteiger partial charge is 0.104 e. The Morgan fingerprint density at radius 3 is 2.25 bits per heavy atom. The molecule has 0 saturated heterocycles. The minimum atomic E-state index is -0.642. The Labute approximate surface area is 108 Å². The van der Waals surface area contributed by atoms with Crippen LogP contribution in [0.2, 0.25) is 5.02 Å². The van der Waals surface area contributed by atoms with Crippen molar-refractivity contribution in [1.29, 1.82) is 0 Å². The van der Waals surface area contributed by atoms with E-state index in [0.29, 0.717) is 5.02 Å². The first kappa shape index (κ1) is 11.6. The molecule has 2 rings (SSSR count). The number of halogens is 2. The molecule has 0 aromatic heterocycles. The molecule has 82 valence electrons. The average molecular weight is 298 g/mol. The fourth-order valence-corrected chi connectivity index (χ4v) is 2.16. The van der Waals surface area contributed by atoms with Gasteiger partial charge >= 0.3 is 0 Å². The Morgan fingerprint density at radius 2 is 1.62 bits per heavy atom. The summed E-state index contributed by atoms with van der Waals surface area (Å²) in [6.45, 7) is 0. The standard InChI is InChI=1S/C13H10BrClO/c14-11-5-1-3-9(7-11)13(16)10-4-2-6-12(15)8-10/h1-8,13,16H/t13-/m0/s1. The first-order valence-electron chi connectivity index (χ1n) is 4.86. The lowest BCUT2D eigenvalue weighted by Gasteiger charge is -2.11. The molecule has 2 aromatic rings. The second-order valence-electron chi connectivity index (χ2n) is 3.51. The Hall–Kier alpha value is -0.830. The Balaban J connectivity index is 2.35. The van der Waals surface area contributed by atoms with E-state index >= 15 is 0 Å². The molecule has 1 N–H and O–H groups in total. The quantitative estimate of drug-likeness (QED) is 0.881. The van der Waals surface area contributed by atoms with E-state index in [2.05, 4.69) is 15.9 Å². The van der Waals surface area contributed by atoms with Gasteiger partial charge in [-0.15, -0.1) is 0 Å². The zero-order chi connectivity index (χ0) is 11.5. The summed E-state index contributed by atoms with van der Waals surface area (Å²) in [5.41, 5.74) is 1.64. The van der Waals surface area contributed by atoms with Crippen molar-refractivity contribution in [3.63, 3.8) is 0 Å². The number of aliphatic hydroxyl groups is 1. The third-order valence-electron chi connectivity index (χ3n) is 2.33. The average Bonchev–Trinajstić information content (AvgIpc) is 2.28. The predicted octanol–water partition coefficient (Wildman–Crippen LogP) is 4.18. The summed E-state index contributed by atoms with van der Waals surface area (Å²) in [6, 6.07) is 14.9. The number of benzene rings is 2. The van der Waals surface area contributed by atoms with E-state index in [0.717, 1.165) is 15.6 Å². The van der Waals surface area contributed by atoms with Crippen molar-refractivity contribution in [2.75, 3.05) is 0 Å². The highest BCUT2D eigenvalue weighted by Gasteiger charge is 2.10. The maximum Gasteiger partial charge on any atom is 0.104 e. The minimum Gasteiger partial charge on any atom is -0.384 e. The molecule has 0 unspecified atom stereocenters. The van der Waals surface area contributed by atoms with Crippen molar-refractivity contribution in [3.8, 4) is 0 Å². The van der Waals surface area contributed by atoms with Crippen LogP contribution in [0.3, 0.4) is 0 Å². The van der Waals surface area contributed by atoms with Crippen molar-refractivity contribution in [2.45, 2.75) is 6.10 Å². The Bertz CT molecular complexity index is 453. The van der Waals surface area contributed by atoms with Gasteiger partial charge in [0, 0.05) is 9.50 Å². The second kappa shape index (κ2) is 5.00. The van der Waals surface area contributed by atoms with E-state index < -0.39 is 6.10 Å².